The molecule has 3 N–H and O–H groups in total. The lowest BCUT2D eigenvalue weighted by atomic mass is 9.92. The maximum Gasteiger partial charge on any atom is 0.279 e. The fourth-order valence-corrected chi connectivity index (χ4v) is 3.20. The van der Waals surface area contributed by atoms with Crippen molar-refractivity contribution >= 4 is 11.6 Å². The SMILES string of the molecule is CC[C@@H](C)c1ccc([C@@H]([NH2+]CC(=O)Nc2ccccc2C#N)C(C)C)cc1. The van der Waals surface area contributed by atoms with Crippen LogP contribution in [0.25, 0.3) is 0 Å². The predicted octanol–water partition coefficient (Wildman–Crippen LogP) is 3.97. The minimum Gasteiger partial charge on any atom is -0.332 e. The van der Waals surface area contributed by atoms with Crippen LogP contribution in [0.5, 0.6) is 0 Å². The molecule has 1 amide bonds. The van der Waals surface area contributed by atoms with Gasteiger partial charge in [-0.25, -0.2) is 0 Å². The molecule has 4 heteroatoms. The Balaban J connectivity index is 2.02. The Labute approximate surface area is 162 Å². The van der Waals surface area contributed by atoms with Crippen molar-refractivity contribution in [3.63, 3.8) is 0 Å². The molecule has 0 aliphatic carbocycles. The first-order valence-corrected chi connectivity index (χ1v) is 9.68. The molecule has 2 rings (SSSR count). The van der Waals surface area contributed by atoms with Crippen molar-refractivity contribution in [3.8, 4) is 6.07 Å². The molecule has 0 bridgehead atoms. The quantitative estimate of drug-likeness (QED) is 0.744. The zero-order valence-electron chi connectivity index (χ0n) is 16.7. The Morgan fingerprint density at radius 3 is 2.30 bits per heavy atom. The molecular weight excluding hydrogens is 334 g/mol. The fourth-order valence-electron chi connectivity index (χ4n) is 3.20. The molecule has 0 heterocycles. The van der Waals surface area contributed by atoms with E-state index in [1.807, 2.05) is 6.07 Å². The topological polar surface area (TPSA) is 69.5 Å². The highest BCUT2D eigenvalue weighted by molar-refractivity contribution is 5.92. The van der Waals surface area contributed by atoms with E-state index in [-0.39, 0.29) is 11.9 Å². The van der Waals surface area contributed by atoms with Gasteiger partial charge in [-0.05, 0) is 30.0 Å². The number of carbonyl (C=O) groups is 1. The van der Waals surface area contributed by atoms with Crippen LogP contribution >= 0.6 is 0 Å². The summed E-state index contributed by atoms with van der Waals surface area (Å²) >= 11 is 0. The molecule has 0 aromatic heterocycles. The molecule has 0 fully saturated rings. The smallest absolute Gasteiger partial charge is 0.279 e. The molecule has 2 atom stereocenters. The standard InChI is InChI=1S/C23H29N3O/c1-5-17(4)18-10-12-19(13-11-18)23(16(2)3)25-15-22(27)26-21-9-7-6-8-20(21)14-24/h6-13,16-17,23,25H,5,15H2,1-4H3,(H,26,27)/p+1/t17-,23+/m1/s1. The summed E-state index contributed by atoms with van der Waals surface area (Å²) in [5.41, 5.74) is 3.64. The highest BCUT2D eigenvalue weighted by Crippen LogP contribution is 2.23. The number of amides is 1. The van der Waals surface area contributed by atoms with Gasteiger partial charge in [0.15, 0.2) is 6.54 Å². The highest BCUT2D eigenvalue weighted by atomic mass is 16.1. The van der Waals surface area contributed by atoms with E-state index in [2.05, 4.69) is 68.7 Å². The number of anilines is 1. The van der Waals surface area contributed by atoms with Crippen LogP contribution in [-0.2, 0) is 4.79 Å². The molecule has 4 nitrogen and oxygen atoms in total. The largest absolute Gasteiger partial charge is 0.332 e. The van der Waals surface area contributed by atoms with Crippen molar-refractivity contribution in [2.75, 3.05) is 11.9 Å². The Morgan fingerprint density at radius 2 is 1.70 bits per heavy atom. The number of hydrogen-bond donors (Lipinski definition) is 2. The first-order valence-electron chi connectivity index (χ1n) is 9.68. The summed E-state index contributed by atoms with van der Waals surface area (Å²) in [5.74, 6) is 0.865. The minimum atomic E-state index is -0.0976. The monoisotopic (exact) mass is 364 g/mol. The maximum atomic E-state index is 12.4. The Morgan fingerprint density at radius 1 is 1.07 bits per heavy atom. The Hall–Kier alpha value is -2.64. The highest BCUT2D eigenvalue weighted by Gasteiger charge is 2.21. The van der Waals surface area contributed by atoms with Crippen molar-refractivity contribution in [2.45, 2.75) is 46.1 Å². The van der Waals surface area contributed by atoms with E-state index in [0.717, 1.165) is 6.42 Å². The van der Waals surface area contributed by atoms with Crippen LogP contribution in [0.15, 0.2) is 48.5 Å². The van der Waals surface area contributed by atoms with Crippen molar-refractivity contribution in [3.05, 3.63) is 65.2 Å². The average Bonchev–Trinajstić information content (AvgIpc) is 2.68. The van der Waals surface area contributed by atoms with Gasteiger partial charge in [-0.15, -0.1) is 0 Å². The van der Waals surface area contributed by atoms with Gasteiger partial charge in [0.05, 0.1) is 11.3 Å². The second-order valence-corrected chi connectivity index (χ2v) is 7.39. The second-order valence-electron chi connectivity index (χ2n) is 7.39. The summed E-state index contributed by atoms with van der Waals surface area (Å²) in [7, 11) is 0. The van der Waals surface area contributed by atoms with Crippen LogP contribution in [0.2, 0.25) is 0 Å². The maximum absolute atomic E-state index is 12.4. The zero-order valence-corrected chi connectivity index (χ0v) is 16.7. The van der Waals surface area contributed by atoms with Gasteiger partial charge < -0.3 is 10.6 Å². The lowest BCUT2D eigenvalue weighted by Crippen LogP contribution is -2.88. The van der Waals surface area contributed by atoms with Gasteiger partial charge in [-0.2, -0.15) is 5.26 Å². The van der Waals surface area contributed by atoms with Crippen molar-refractivity contribution in [2.24, 2.45) is 5.92 Å². The van der Waals surface area contributed by atoms with Crippen molar-refractivity contribution < 1.29 is 10.1 Å². The van der Waals surface area contributed by atoms with E-state index in [1.165, 1.54) is 11.1 Å². The molecule has 2 aromatic carbocycles. The lowest BCUT2D eigenvalue weighted by molar-refractivity contribution is -0.692. The Kier molecular flexibility index (Phi) is 7.57. The van der Waals surface area contributed by atoms with Gasteiger partial charge in [0.25, 0.3) is 5.91 Å². The number of nitrogens with two attached hydrogens (primary N) is 1. The number of nitrogens with one attached hydrogen (secondary N) is 1. The van der Waals surface area contributed by atoms with Crippen LogP contribution < -0.4 is 10.6 Å². The summed E-state index contributed by atoms with van der Waals surface area (Å²) in [5, 5.41) is 14.1. The number of nitrogens with zero attached hydrogens (tertiary/aromatic N) is 1. The van der Waals surface area contributed by atoms with E-state index >= 15 is 0 Å². The van der Waals surface area contributed by atoms with Gasteiger partial charge in [0, 0.05) is 11.5 Å². The fraction of sp³-hybridized carbons (Fsp3) is 0.391. The average molecular weight is 365 g/mol. The first-order chi connectivity index (χ1) is 13.0. The summed E-state index contributed by atoms with van der Waals surface area (Å²) < 4.78 is 0. The third kappa shape index (κ3) is 5.67. The molecule has 0 aliphatic rings. The zero-order chi connectivity index (χ0) is 19.8. The summed E-state index contributed by atoms with van der Waals surface area (Å²) in [6.45, 7) is 9.10. The number of benzene rings is 2. The van der Waals surface area contributed by atoms with E-state index in [0.29, 0.717) is 29.6 Å². The molecule has 0 spiro atoms. The number of rotatable bonds is 8. The van der Waals surface area contributed by atoms with Gasteiger partial charge >= 0.3 is 0 Å². The van der Waals surface area contributed by atoms with Gasteiger partial charge in [0.1, 0.15) is 12.1 Å². The molecule has 142 valence electrons. The molecular formula is C23H30N3O+. The molecule has 0 aliphatic heterocycles. The number of para-hydroxylation sites is 1. The summed E-state index contributed by atoms with van der Waals surface area (Å²) in [4.78, 5) is 12.4. The first kappa shape index (κ1) is 20.7. The van der Waals surface area contributed by atoms with Crippen LogP contribution in [0, 0.1) is 17.2 Å². The van der Waals surface area contributed by atoms with E-state index < -0.39 is 0 Å². The van der Waals surface area contributed by atoms with Crippen molar-refractivity contribution in [1.82, 2.24) is 0 Å². The predicted molar refractivity (Wildman–Crippen MR) is 109 cm³/mol. The van der Waals surface area contributed by atoms with E-state index in [4.69, 9.17) is 5.26 Å². The minimum absolute atomic E-state index is 0.0976. The third-order valence-corrected chi connectivity index (χ3v) is 5.10. The van der Waals surface area contributed by atoms with Crippen LogP contribution in [0.1, 0.15) is 62.8 Å². The molecule has 0 saturated heterocycles. The lowest BCUT2D eigenvalue weighted by Gasteiger charge is -2.20. The number of nitriles is 1. The van der Waals surface area contributed by atoms with Crippen LogP contribution in [0.3, 0.4) is 0 Å². The number of quaternary nitrogens is 1. The van der Waals surface area contributed by atoms with E-state index in [1.54, 1.807) is 18.2 Å². The summed E-state index contributed by atoms with van der Waals surface area (Å²) in [6, 6.07) is 18.2. The normalized spacial score (nSPS) is 13.0. The Bertz CT molecular complexity index is 790. The molecule has 2 aromatic rings. The third-order valence-electron chi connectivity index (χ3n) is 5.10. The summed E-state index contributed by atoms with van der Waals surface area (Å²) in [6.07, 6.45) is 1.13. The number of carbonyl (C=O) groups excluding carboxylic acids is 1. The number of hydrogen-bond acceptors (Lipinski definition) is 2. The second kappa shape index (κ2) is 9.89. The van der Waals surface area contributed by atoms with E-state index in [9.17, 15) is 4.79 Å². The molecule has 0 saturated carbocycles. The van der Waals surface area contributed by atoms with Gasteiger partial charge in [0.2, 0.25) is 0 Å². The van der Waals surface area contributed by atoms with Gasteiger partial charge in [-0.1, -0.05) is 64.1 Å². The van der Waals surface area contributed by atoms with Crippen molar-refractivity contribution in [1.29, 1.82) is 5.26 Å². The molecule has 0 unspecified atom stereocenters. The molecule has 0 radical (unpaired) electrons. The molecule has 27 heavy (non-hydrogen) atoms. The van der Waals surface area contributed by atoms with Gasteiger partial charge in [-0.3, -0.25) is 4.79 Å². The van der Waals surface area contributed by atoms with Crippen LogP contribution in [-0.4, -0.2) is 12.5 Å². The van der Waals surface area contributed by atoms with Crippen LogP contribution in [0.4, 0.5) is 5.69 Å².